The molecule has 1 fully saturated rings. The molecule has 0 saturated carbocycles. The first-order chi connectivity index (χ1) is 15.5. The summed E-state index contributed by atoms with van der Waals surface area (Å²) < 4.78 is 41.4. The van der Waals surface area contributed by atoms with Crippen LogP contribution in [0.15, 0.2) is 36.4 Å². The molecule has 2 aromatic carbocycles. The Kier molecular flexibility index (Phi) is 8.96. The topological polar surface area (TPSA) is 69.6 Å². The van der Waals surface area contributed by atoms with Crippen LogP contribution in [0.1, 0.15) is 18.4 Å². The Bertz CT molecular complexity index is 833. The van der Waals surface area contributed by atoms with E-state index in [1.165, 1.54) is 6.07 Å². The number of para-hydroxylation sites is 1. The van der Waals surface area contributed by atoms with E-state index >= 15 is 0 Å². The van der Waals surface area contributed by atoms with Gasteiger partial charge in [-0.1, -0.05) is 12.1 Å². The first-order valence-electron chi connectivity index (χ1n) is 10.7. The molecule has 1 aliphatic heterocycles. The Hall–Kier alpha value is -2.55. The molecule has 0 bridgehead atoms. The highest BCUT2D eigenvalue weighted by atomic mass is 19.1. The van der Waals surface area contributed by atoms with Gasteiger partial charge < -0.3 is 28.8 Å². The van der Waals surface area contributed by atoms with Crippen LogP contribution >= 0.6 is 0 Å². The molecule has 0 amide bonds. The second-order valence-electron chi connectivity index (χ2n) is 7.76. The lowest BCUT2D eigenvalue weighted by Crippen LogP contribution is -2.39. The fourth-order valence-electron chi connectivity index (χ4n) is 3.86. The highest BCUT2D eigenvalue weighted by Gasteiger charge is 2.23. The predicted molar refractivity (Wildman–Crippen MR) is 118 cm³/mol. The normalized spacial score (nSPS) is 16.8. The molecule has 176 valence electrons. The van der Waals surface area contributed by atoms with Crippen molar-refractivity contribution in [3.05, 3.63) is 47.8 Å². The summed E-state index contributed by atoms with van der Waals surface area (Å²) in [5.41, 5.74) is 0.944. The molecular formula is C24H32FNO6. The van der Waals surface area contributed by atoms with Crippen LogP contribution in [0.5, 0.6) is 23.0 Å². The summed E-state index contributed by atoms with van der Waals surface area (Å²) in [4.78, 5) is 2.10. The van der Waals surface area contributed by atoms with Gasteiger partial charge in [-0.2, -0.15) is 0 Å². The number of nitrogens with zero attached hydrogens (tertiary/aromatic N) is 1. The van der Waals surface area contributed by atoms with Crippen molar-refractivity contribution < 1.29 is 33.2 Å². The molecule has 0 aliphatic carbocycles. The standard InChI is InChI=1S/C24H32FNO6/c1-28-22-11-17(12-23(29-2)24(22)30-3)13-26(15-19-7-6-10-31-19)14-18(27)16-32-21-9-5-4-8-20(21)25/h4-5,8-9,11-12,18-19,27H,6-7,10,13-16H2,1-3H3. The second kappa shape index (κ2) is 11.9. The van der Waals surface area contributed by atoms with Gasteiger partial charge in [0.05, 0.1) is 27.4 Å². The van der Waals surface area contributed by atoms with Gasteiger partial charge in [-0.15, -0.1) is 0 Å². The minimum atomic E-state index is -0.807. The molecule has 0 spiro atoms. The van der Waals surface area contributed by atoms with Crippen molar-refractivity contribution in [2.75, 3.05) is 47.6 Å². The Balaban J connectivity index is 1.70. The summed E-state index contributed by atoms with van der Waals surface area (Å²) in [7, 11) is 4.72. The van der Waals surface area contributed by atoms with Crippen LogP contribution in [-0.4, -0.2) is 69.8 Å². The Morgan fingerprint density at radius 3 is 2.41 bits per heavy atom. The van der Waals surface area contributed by atoms with E-state index in [0.29, 0.717) is 36.9 Å². The zero-order valence-corrected chi connectivity index (χ0v) is 18.9. The molecule has 2 atom stereocenters. The molecule has 0 radical (unpaired) electrons. The van der Waals surface area contributed by atoms with Gasteiger partial charge in [0.25, 0.3) is 0 Å². The SMILES string of the molecule is COc1cc(CN(CC(O)COc2ccccc2F)CC2CCCO2)cc(OC)c1OC. The third kappa shape index (κ3) is 6.48. The van der Waals surface area contributed by atoms with Crippen LogP contribution in [-0.2, 0) is 11.3 Å². The number of aliphatic hydroxyl groups is 1. The van der Waals surface area contributed by atoms with E-state index in [4.69, 9.17) is 23.7 Å². The van der Waals surface area contributed by atoms with E-state index in [9.17, 15) is 9.50 Å². The number of halogens is 1. The van der Waals surface area contributed by atoms with Crippen LogP contribution in [0.2, 0.25) is 0 Å². The number of hydrogen-bond acceptors (Lipinski definition) is 7. The molecule has 8 heteroatoms. The lowest BCUT2D eigenvalue weighted by Gasteiger charge is -2.28. The number of aliphatic hydroxyl groups excluding tert-OH is 1. The van der Waals surface area contributed by atoms with Crippen molar-refractivity contribution in [2.45, 2.75) is 31.6 Å². The fourth-order valence-corrected chi connectivity index (χ4v) is 3.86. The average Bonchev–Trinajstić information content (AvgIpc) is 3.30. The van der Waals surface area contributed by atoms with E-state index in [1.54, 1.807) is 39.5 Å². The van der Waals surface area contributed by atoms with Gasteiger partial charge in [0.2, 0.25) is 5.75 Å². The van der Waals surface area contributed by atoms with Crippen molar-refractivity contribution in [3.8, 4) is 23.0 Å². The minimum Gasteiger partial charge on any atom is -0.493 e. The third-order valence-corrected chi connectivity index (χ3v) is 5.35. The lowest BCUT2D eigenvalue weighted by atomic mass is 10.1. The summed E-state index contributed by atoms with van der Waals surface area (Å²) in [6, 6.07) is 9.95. The maximum Gasteiger partial charge on any atom is 0.203 e. The molecular weight excluding hydrogens is 417 g/mol. The summed E-state index contributed by atoms with van der Waals surface area (Å²) in [5.74, 6) is 1.35. The largest absolute Gasteiger partial charge is 0.493 e. The van der Waals surface area contributed by atoms with Crippen LogP contribution in [0.4, 0.5) is 4.39 Å². The van der Waals surface area contributed by atoms with Gasteiger partial charge >= 0.3 is 0 Å². The molecule has 1 heterocycles. The zero-order valence-electron chi connectivity index (χ0n) is 18.9. The van der Waals surface area contributed by atoms with Crippen LogP contribution in [0, 0.1) is 5.82 Å². The van der Waals surface area contributed by atoms with E-state index in [0.717, 1.165) is 25.0 Å². The summed E-state index contributed by atoms with van der Waals surface area (Å²) in [5, 5.41) is 10.6. The highest BCUT2D eigenvalue weighted by molar-refractivity contribution is 5.53. The summed E-state index contributed by atoms with van der Waals surface area (Å²) in [6.07, 6.45) is 1.31. The predicted octanol–water partition coefficient (Wildman–Crippen LogP) is 3.27. The van der Waals surface area contributed by atoms with Gasteiger partial charge in [0.15, 0.2) is 23.1 Å². The van der Waals surface area contributed by atoms with Crippen molar-refractivity contribution in [2.24, 2.45) is 0 Å². The van der Waals surface area contributed by atoms with Gasteiger partial charge in [-0.3, -0.25) is 4.90 Å². The van der Waals surface area contributed by atoms with E-state index < -0.39 is 11.9 Å². The van der Waals surface area contributed by atoms with E-state index in [2.05, 4.69) is 4.90 Å². The van der Waals surface area contributed by atoms with Gasteiger partial charge in [0.1, 0.15) is 12.7 Å². The fraction of sp³-hybridized carbons (Fsp3) is 0.500. The lowest BCUT2D eigenvalue weighted by molar-refractivity contribution is 0.0308. The minimum absolute atomic E-state index is 0.0157. The second-order valence-corrected chi connectivity index (χ2v) is 7.76. The molecule has 2 aromatic rings. The first kappa shape index (κ1) is 24.1. The van der Waals surface area contributed by atoms with E-state index in [1.807, 2.05) is 12.1 Å². The number of ether oxygens (including phenoxy) is 5. The molecule has 1 N–H and O–H groups in total. The maximum absolute atomic E-state index is 13.8. The molecule has 3 rings (SSSR count). The molecule has 1 saturated heterocycles. The van der Waals surface area contributed by atoms with Crippen molar-refractivity contribution in [3.63, 3.8) is 0 Å². The molecule has 32 heavy (non-hydrogen) atoms. The molecule has 0 aromatic heterocycles. The van der Waals surface area contributed by atoms with Crippen LogP contribution in [0.25, 0.3) is 0 Å². The Morgan fingerprint density at radius 1 is 1.09 bits per heavy atom. The van der Waals surface area contributed by atoms with Crippen LogP contribution < -0.4 is 18.9 Å². The first-order valence-corrected chi connectivity index (χ1v) is 10.7. The zero-order chi connectivity index (χ0) is 22.9. The number of rotatable bonds is 12. The Labute approximate surface area is 188 Å². The number of hydrogen-bond donors (Lipinski definition) is 1. The van der Waals surface area contributed by atoms with Gasteiger partial charge in [-0.05, 0) is 42.7 Å². The summed E-state index contributed by atoms with van der Waals surface area (Å²) >= 11 is 0. The van der Waals surface area contributed by atoms with E-state index in [-0.39, 0.29) is 18.5 Å². The van der Waals surface area contributed by atoms with Gasteiger partial charge in [0, 0.05) is 26.2 Å². The quantitative estimate of drug-likeness (QED) is 0.533. The highest BCUT2D eigenvalue weighted by Crippen LogP contribution is 2.38. The Morgan fingerprint density at radius 2 is 1.81 bits per heavy atom. The average molecular weight is 450 g/mol. The van der Waals surface area contributed by atoms with Crippen molar-refractivity contribution in [1.82, 2.24) is 4.90 Å². The molecule has 1 aliphatic rings. The van der Waals surface area contributed by atoms with Crippen LogP contribution in [0.3, 0.4) is 0 Å². The van der Waals surface area contributed by atoms with Gasteiger partial charge in [-0.25, -0.2) is 4.39 Å². The van der Waals surface area contributed by atoms with Crippen molar-refractivity contribution in [1.29, 1.82) is 0 Å². The monoisotopic (exact) mass is 449 g/mol. The molecule has 7 nitrogen and oxygen atoms in total. The smallest absolute Gasteiger partial charge is 0.203 e. The number of methoxy groups -OCH3 is 3. The summed E-state index contributed by atoms with van der Waals surface area (Å²) in [6.45, 7) is 2.27. The molecule has 2 unspecified atom stereocenters. The number of benzene rings is 2. The van der Waals surface area contributed by atoms with Crippen molar-refractivity contribution >= 4 is 0 Å². The maximum atomic E-state index is 13.8. The third-order valence-electron chi connectivity index (χ3n) is 5.35.